The van der Waals surface area contributed by atoms with Crippen LogP contribution < -0.4 is 10.2 Å². The smallest absolute Gasteiger partial charge is 0.147 e. The molecule has 0 radical (unpaired) electrons. The zero-order chi connectivity index (χ0) is 13.0. The van der Waals surface area contributed by atoms with Crippen molar-refractivity contribution in [2.75, 3.05) is 18.0 Å². The van der Waals surface area contributed by atoms with Crippen LogP contribution in [0.1, 0.15) is 39.3 Å². The molecule has 0 spiro atoms. The molecule has 1 N–H and O–H groups in total. The van der Waals surface area contributed by atoms with E-state index in [2.05, 4.69) is 41.0 Å². The van der Waals surface area contributed by atoms with E-state index in [1.165, 1.54) is 12.8 Å². The lowest BCUT2D eigenvalue weighted by Gasteiger charge is -2.22. The van der Waals surface area contributed by atoms with Gasteiger partial charge in [0.1, 0.15) is 5.82 Å². The standard InChI is InChI=1S/C14H24N4/c1-11(2)7-15-8-13-9-17-14(10-16-13)18-6-4-5-12(18)3/h9-12,15H,4-8H2,1-3H3. The van der Waals surface area contributed by atoms with Gasteiger partial charge in [0, 0.05) is 19.1 Å². The highest BCUT2D eigenvalue weighted by Gasteiger charge is 2.21. The minimum atomic E-state index is 0.601. The van der Waals surface area contributed by atoms with Crippen molar-refractivity contribution in [3.63, 3.8) is 0 Å². The van der Waals surface area contributed by atoms with Gasteiger partial charge in [0.05, 0.1) is 18.1 Å². The molecule has 2 heterocycles. The Hall–Kier alpha value is -1.16. The van der Waals surface area contributed by atoms with Crippen LogP contribution in [-0.2, 0) is 6.54 Å². The second kappa shape index (κ2) is 6.14. The van der Waals surface area contributed by atoms with E-state index in [0.29, 0.717) is 12.0 Å². The predicted molar refractivity (Wildman–Crippen MR) is 74.6 cm³/mol. The fourth-order valence-electron chi connectivity index (χ4n) is 2.35. The molecule has 1 atom stereocenters. The van der Waals surface area contributed by atoms with Crippen LogP contribution in [0.15, 0.2) is 12.4 Å². The average molecular weight is 248 g/mol. The summed E-state index contributed by atoms with van der Waals surface area (Å²) in [4.78, 5) is 11.4. The van der Waals surface area contributed by atoms with Gasteiger partial charge in [-0.1, -0.05) is 13.8 Å². The molecule has 0 aliphatic carbocycles. The molecule has 1 saturated heterocycles. The minimum Gasteiger partial charge on any atom is -0.353 e. The highest BCUT2D eigenvalue weighted by atomic mass is 15.2. The quantitative estimate of drug-likeness (QED) is 0.867. The van der Waals surface area contributed by atoms with E-state index in [0.717, 1.165) is 31.1 Å². The van der Waals surface area contributed by atoms with Crippen LogP contribution in [0.5, 0.6) is 0 Å². The van der Waals surface area contributed by atoms with Gasteiger partial charge in [0.15, 0.2) is 0 Å². The van der Waals surface area contributed by atoms with E-state index in [-0.39, 0.29) is 0 Å². The summed E-state index contributed by atoms with van der Waals surface area (Å²) >= 11 is 0. The Morgan fingerprint density at radius 3 is 2.78 bits per heavy atom. The van der Waals surface area contributed by atoms with Crippen LogP contribution >= 0.6 is 0 Å². The van der Waals surface area contributed by atoms with Crippen LogP contribution in [0.25, 0.3) is 0 Å². The molecule has 1 aromatic heterocycles. The molecule has 1 aromatic rings. The molecule has 1 aliphatic heterocycles. The third-order valence-corrected chi connectivity index (χ3v) is 3.40. The molecule has 1 aliphatic rings. The molecular formula is C14H24N4. The van der Waals surface area contributed by atoms with Gasteiger partial charge in [-0.05, 0) is 32.2 Å². The largest absolute Gasteiger partial charge is 0.353 e. The van der Waals surface area contributed by atoms with Crippen LogP contribution in [0.2, 0.25) is 0 Å². The Labute approximate surface area is 110 Å². The molecule has 4 nitrogen and oxygen atoms in total. The maximum Gasteiger partial charge on any atom is 0.147 e. The molecule has 0 aromatic carbocycles. The van der Waals surface area contributed by atoms with Crippen LogP contribution in [0.4, 0.5) is 5.82 Å². The van der Waals surface area contributed by atoms with E-state index < -0.39 is 0 Å². The van der Waals surface area contributed by atoms with Crippen molar-refractivity contribution in [2.24, 2.45) is 5.92 Å². The van der Waals surface area contributed by atoms with E-state index in [9.17, 15) is 0 Å². The molecule has 100 valence electrons. The number of hydrogen-bond acceptors (Lipinski definition) is 4. The van der Waals surface area contributed by atoms with Crippen molar-refractivity contribution in [2.45, 2.75) is 46.2 Å². The summed E-state index contributed by atoms with van der Waals surface area (Å²) in [6, 6.07) is 0.601. The molecule has 2 rings (SSSR count). The second-order valence-corrected chi connectivity index (χ2v) is 5.58. The molecule has 1 unspecified atom stereocenters. The van der Waals surface area contributed by atoms with Gasteiger partial charge >= 0.3 is 0 Å². The first kappa shape index (κ1) is 13.3. The third-order valence-electron chi connectivity index (χ3n) is 3.40. The summed E-state index contributed by atoms with van der Waals surface area (Å²) in [6.07, 6.45) is 6.34. The monoisotopic (exact) mass is 248 g/mol. The van der Waals surface area contributed by atoms with Gasteiger partial charge in [0.25, 0.3) is 0 Å². The maximum atomic E-state index is 4.53. The molecule has 0 amide bonds. The van der Waals surface area contributed by atoms with Gasteiger partial charge in [-0.2, -0.15) is 0 Å². The van der Waals surface area contributed by atoms with Gasteiger partial charge in [0.2, 0.25) is 0 Å². The summed E-state index contributed by atoms with van der Waals surface area (Å²) in [6.45, 7) is 9.61. The van der Waals surface area contributed by atoms with E-state index in [1.807, 2.05) is 12.4 Å². The van der Waals surface area contributed by atoms with Crippen LogP contribution in [-0.4, -0.2) is 29.1 Å². The van der Waals surface area contributed by atoms with Crippen molar-refractivity contribution in [1.29, 1.82) is 0 Å². The normalized spacial score (nSPS) is 19.8. The van der Waals surface area contributed by atoms with Crippen molar-refractivity contribution < 1.29 is 0 Å². The Kier molecular flexibility index (Phi) is 4.53. The van der Waals surface area contributed by atoms with Gasteiger partial charge < -0.3 is 10.2 Å². The SMILES string of the molecule is CC(C)CNCc1cnc(N2CCCC2C)cn1. The number of nitrogens with one attached hydrogen (secondary N) is 1. The fourth-order valence-corrected chi connectivity index (χ4v) is 2.35. The number of aromatic nitrogens is 2. The lowest BCUT2D eigenvalue weighted by atomic mass is 10.2. The van der Waals surface area contributed by atoms with E-state index >= 15 is 0 Å². The number of rotatable bonds is 5. The fraction of sp³-hybridized carbons (Fsp3) is 0.714. The van der Waals surface area contributed by atoms with Crippen molar-refractivity contribution in [1.82, 2.24) is 15.3 Å². The minimum absolute atomic E-state index is 0.601. The van der Waals surface area contributed by atoms with E-state index in [4.69, 9.17) is 0 Å². The van der Waals surface area contributed by atoms with Gasteiger partial charge in [-0.15, -0.1) is 0 Å². The van der Waals surface area contributed by atoms with Gasteiger partial charge in [-0.25, -0.2) is 4.98 Å². The molecule has 0 bridgehead atoms. The molecule has 18 heavy (non-hydrogen) atoms. The lowest BCUT2D eigenvalue weighted by Crippen LogP contribution is -2.27. The lowest BCUT2D eigenvalue weighted by molar-refractivity contribution is 0.547. The van der Waals surface area contributed by atoms with Crippen molar-refractivity contribution >= 4 is 5.82 Å². The molecule has 1 fully saturated rings. The van der Waals surface area contributed by atoms with Crippen molar-refractivity contribution in [3.05, 3.63) is 18.1 Å². The predicted octanol–water partition coefficient (Wildman–Crippen LogP) is 2.21. The van der Waals surface area contributed by atoms with Crippen LogP contribution in [0, 0.1) is 5.92 Å². The zero-order valence-corrected chi connectivity index (χ0v) is 11.7. The van der Waals surface area contributed by atoms with E-state index in [1.54, 1.807) is 0 Å². The summed E-state index contributed by atoms with van der Waals surface area (Å²) in [5.41, 5.74) is 1.02. The Balaban J connectivity index is 1.89. The second-order valence-electron chi connectivity index (χ2n) is 5.58. The zero-order valence-electron chi connectivity index (χ0n) is 11.7. The molecular weight excluding hydrogens is 224 g/mol. The third kappa shape index (κ3) is 3.42. The highest BCUT2D eigenvalue weighted by Crippen LogP contribution is 2.22. The number of nitrogens with zero attached hydrogens (tertiary/aromatic N) is 3. The Morgan fingerprint density at radius 2 is 2.22 bits per heavy atom. The Bertz CT molecular complexity index is 361. The molecule has 4 heteroatoms. The van der Waals surface area contributed by atoms with Gasteiger partial charge in [-0.3, -0.25) is 4.98 Å². The first-order chi connectivity index (χ1) is 8.66. The first-order valence-corrected chi connectivity index (χ1v) is 6.95. The van der Waals surface area contributed by atoms with Crippen molar-refractivity contribution in [3.8, 4) is 0 Å². The summed E-state index contributed by atoms with van der Waals surface area (Å²) in [5.74, 6) is 1.69. The average Bonchev–Trinajstić information content (AvgIpc) is 2.76. The summed E-state index contributed by atoms with van der Waals surface area (Å²) in [5, 5.41) is 3.38. The molecule has 0 saturated carbocycles. The first-order valence-electron chi connectivity index (χ1n) is 6.95. The number of hydrogen-bond donors (Lipinski definition) is 1. The van der Waals surface area contributed by atoms with Crippen LogP contribution in [0.3, 0.4) is 0 Å². The maximum absolute atomic E-state index is 4.53. The summed E-state index contributed by atoms with van der Waals surface area (Å²) in [7, 11) is 0. The highest BCUT2D eigenvalue weighted by molar-refractivity contribution is 5.38. The topological polar surface area (TPSA) is 41.1 Å². The Morgan fingerprint density at radius 1 is 1.39 bits per heavy atom. The number of anilines is 1. The summed E-state index contributed by atoms with van der Waals surface area (Å²) < 4.78 is 0.